The second-order valence-electron chi connectivity index (χ2n) is 5.66. The second kappa shape index (κ2) is 5.66. The number of nitrogens with two attached hydrogens (primary N) is 1. The molecule has 0 bridgehead atoms. The summed E-state index contributed by atoms with van der Waals surface area (Å²) in [6.45, 7) is 4.40. The molecule has 1 aromatic carbocycles. The first-order chi connectivity index (χ1) is 9.65. The third-order valence-corrected chi connectivity index (χ3v) is 4.61. The molecule has 2 fully saturated rings. The number of anilines is 1. The van der Waals surface area contributed by atoms with Crippen LogP contribution in [0.3, 0.4) is 0 Å². The van der Waals surface area contributed by atoms with E-state index in [1.807, 2.05) is 0 Å². The normalized spacial score (nSPS) is 23.4. The van der Waals surface area contributed by atoms with Crippen LogP contribution in [0, 0.1) is 5.82 Å². The summed E-state index contributed by atoms with van der Waals surface area (Å²) in [5.41, 5.74) is 7.36. The zero-order valence-electron chi connectivity index (χ0n) is 11.5. The van der Waals surface area contributed by atoms with Gasteiger partial charge in [0, 0.05) is 30.4 Å². The first-order valence-corrected chi connectivity index (χ1v) is 7.64. The highest BCUT2D eigenvalue weighted by Gasteiger charge is 2.30. The van der Waals surface area contributed by atoms with Gasteiger partial charge in [0.15, 0.2) is 0 Å². The van der Waals surface area contributed by atoms with E-state index in [2.05, 4.69) is 9.80 Å². The first-order valence-electron chi connectivity index (χ1n) is 7.23. The van der Waals surface area contributed by atoms with Crippen LogP contribution in [-0.4, -0.2) is 42.1 Å². The molecule has 0 aliphatic carbocycles. The van der Waals surface area contributed by atoms with Crippen molar-refractivity contribution in [3.05, 3.63) is 29.6 Å². The van der Waals surface area contributed by atoms with Gasteiger partial charge in [-0.05, 0) is 50.6 Å². The molecule has 2 aliphatic rings. The molecule has 2 aliphatic heterocycles. The Kier molecular flexibility index (Phi) is 3.89. The van der Waals surface area contributed by atoms with Crippen LogP contribution in [0.4, 0.5) is 10.1 Å². The van der Waals surface area contributed by atoms with Gasteiger partial charge in [0.1, 0.15) is 10.8 Å². The van der Waals surface area contributed by atoms with E-state index in [1.54, 1.807) is 6.07 Å². The van der Waals surface area contributed by atoms with Crippen molar-refractivity contribution < 1.29 is 4.39 Å². The molecule has 1 aromatic rings. The average molecular weight is 293 g/mol. The molecule has 3 rings (SSSR count). The monoisotopic (exact) mass is 293 g/mol. The van der Waals surface area contributed by atoms with Crippen molar-refractivity contribution in [2.45, 2.75) is 25.3 Å². The van der Waals surface area contributed by atoms with Crippen LogP contribution < -0.4 is 10.6 Å². The number of halogens is 1. The first kappa shape index (κ1) is 13.8. The fourth-order valence-electron chi connectivity index (χ4n) is 3.35. The summed E-state index contributed by atoms with van der Waals surface area (Å²) < 4.78 is 13.4. The van der Waals surface area contributed by atoms with E-state index >= 15 is 0 Å². The Morgan fingerprint density at radius 1 is 1.25 bits per heavy atom. The van der Waals surface area contributed by atoms with E-state index in [4.69, 9.17) is 18.0 Å². The van der Waals surface area contributed by atoms with Gasteiger partial charge in [0.25, 0.3) is 0 Å². The Hall–Kier alpha value is -1.20. The van der Waals surface area contributed by atoms with Gasteiger partial charge in [0.2, 0.25) is 0 Å². The fraction of sp³-hybridized carbons (Fsp3) is 0.533. The summed E-state index contributed by atoms with van der Waals surface area (Å²) in [4.78, 5) is 5.13. The minimum Gasteiger partial charge on any atom is -0.389 e. The van der Waals surface area contributed by atoms with Crippen molar-refractivity contribution in [2.75, 3.05) is 31.1 Å². The van der Waals surface area contributed by atoms with E-state index in [0.717, 1.165) is 25.2 Å². The maximum Gasteiger partial charge on any atom is 0.124 e. The van der Waals surface area contributed by atoms with Gasteiger partial charge in [-0.2, -0.15) is 0 Å². The van der Waals surface area contributed by atoms with E-state index < -0.39 is 0 Å². The van der Waals surface area contributed by atoms with Crippen molar-refractivity contribution in [3.8, 4) is 0 Å². The van der Waals surface area contributed by atoms with Crippen molar-refractivity contribution in [3.63, 3.8) is 0 Å². The molecular formula is C15H20FN3S. The van der Waals surface area contributed by atoms with Gasteiger partial charge in [0.05, 0.1) is 0 Å². The van der Waals surface area contributed by atoms with Crippen LogP contribution in [0.5, 0.6) is 0 Å². The van der Waals surface area contributed by atoms with Crippen LogP contribution >= 0.6 is 12.2 Å². The molecule has 5 heteroatoms. The highest BCUT2D eigenvalue weighted by atomic mass is 32.1. The molecule has 3 nitrogen and oxygen atoms in total. The van der Waals surface area contributed by atoms with Crippen LogP contribution in [0.1, 0.15) is 24.8 Å². The van der Waals surface area contributed by atoms with Gasteiger partial charge in [-0.1, -0.05) is 12.2 Å². The molecule has 2 saturated heterocycles. The van der Waals surface area contributed by atoms with Gasteiger partial charge in [-0.15, -0.1) is 0 Å². The molecule has 2 N–H and O–H groups in total. The summed E-state index contributed by atoms with van der Waals surface area (Å²) in [6.07, 6.45) is 3.78. The molecule has 1 atom stereocenters. The molecule has 0 aromatic heterocycles. The average Bonchev–Trinajstić information content (AvgIpc) is 3.09. The zero-order chi connectivity index (χ0) is 14.1. The van der Waals surface area contributed by atoms with Crippen LogP contribution in [0.25, 0.3) is 0 Å². The lowest BCUT2D eigenvalue weighted by Crippen LogP contribution is -2.35. The third kappa shape index (κ3) is 2.65. The standard InChI is InChI=1S/C15H20FN3S/c16-11-3-4-14(13(9-11)15(17)20)19-8-5-12(10-19)18-6-1-2-7-18/h3-4,9,12H,1-2,5-8,10H2,(H2,17,20). The Morgan fingerprint density at radius 3 is 2.70 bits per heavy atom. The number of hydrogen-bond donors (Lipinski definition) is 1. The van der Waals surface area contributed by atoms with Gasteiger partial charge < -0.3 is 10.6 Å². The lowest BCUT2D eigenvalue weighted by atomic mass is 10.1. The van der Waals surface area contributed by atoms with Crippen LogP contribution in [0.2, 0.25) is 0 Å². The zero-order valence-corrected chi connectivity index (χ0v) is 12.3. The molecule has 0 radical (unpaired) electrons. The smallest absolute Gasteiger partial charge is 0.124 e. The van der Waals surface area contributed by atoms with Crippen molar-refractivity contribution in [1.29, 1.82) is 0 Å². The number of nitrogens with zero attached hydrogens (tertiary/aromatic N) is 2. The number of likely N-dealkylation sites (tertiary alicyclic amines) is 1. The number of thiocarbonyl (C=S) groups is 1. The minimum absolute atomic E-state index is 0.268. The largest absolute Gasteiger partial charge is 0.389 e. The Morgan fingerprint density at radius 2 is 2.00 bits per heavy atom. The van der Waals surface area contributed by atoms with E-state index in [0.29, 0.717) is 11.6 Å². The molecule has 1 unspecified atom stereocenters. The molecule has 0 spiro atoms. The molecule has 0 amide bonds. The van der Waals surface area contributed by atoms with Crippen molar-refractivity contribution in [2.24, 2.45) is 5.73 Å². The maximum atomic E-state index is 13.4. The molecule has 20 heavy (non-hydrogen) atoms. The van der Waals surface area contributed by atoms with Gasteiger partial charge in [-0.3, -0.25) is 4.90 Å². The molecule has 0 saturated carbocycles. The minimum atomic E-state index is -0.285. The predicted octanol–water partition coefficient (Wildman–Crippen LogP) is 2.13. The highest BCUT2D eigenvalue weighted by Crippen LogP contribution is 2.28. The van der Waals surface area contributed by atoms with E-state index in [-0.39, 0.29) is 10.8 Å². The van der Waals surface area contributed by atoms with Crippen LogP contribution in [-0.2, 0) is 0 Å². The Balaban J connectivity index is 1.78. The van der Waals surface area contributed by atoms with Gasteiger partial charge in [-0.25, -0.2) is 4.39 Å². The molecular weight excluding hydrogens is 273 g/mol. The van der Waals surface area contributed by atoms with Gasteiger partial charge >= 0.3 is 0 Å². The predicted molar refractivity (Wildman–Crippen MR) is 83.7 cm³/mol. The van der Waals surface area contributed by atoms with Crippen molar-refractivity contribution >= 4 is 22.9 Å². The SMILES string of the molecule is NC(=S)c1cc(F)ccc1N1CCC(N2CCCC2)C1. The summed E-state index contributed by atoms with van der Waals surface area (Å²) in [6, 6.07) is 5.35. The van der Waals surface area contributed by atoms with E-state index in [9.17, 15) is 4.39 Å². The summed E-state index contributed by atoms with van der Waals surface area (Å²) in [5.74, 6) is -0.285. The Bertz CT molecular complexity index is 514. The number of hydrogen-bond acceptors (Lipinski definition) is 3. The lowest BCUT2D eigenvalue weighted by Gasteiger charge is -2.25. The number of benzene rings is 1. The van der Waals surface area contributed by atoms with Crippen molar-refractivity contribution in [1.82, 2.24) is 4.90 Å². The lowest BCUT2D eigenvalue weighted by molar-refractivity contribution is 0.260. The summed E-state index contributed by atoms with van der Waals surface area (Å²) in [5, 5.41) is 0. The van der Waals surface area contributed by atoms with Crippen LogP contribution in [0.15, 0.2) is 18.2 Å². The maximum absolute atomic E-state index is 13.4. The fourth-order valence-corrected chi connectivity index (χ4v) is 3.51. The third-order valence-electron chi connectivity index (χ3n) is 4.39. The summed E-state index contributed by atoms with van der Waals surface area (Å²) >= 11 is 5.06. The van der Waals surface area contributed by atoms with E-state index in [1.165, 1.54) is 38.1 Å². The number of rotatable bonds is 3. The molecule has 108 valence electrons. The summed E-state index contributed by atoms with van der Waals surface area (Å²) in [7, 11) is 0. The Labute approximate surface area is 124 Å². The topological polar surface area (TPSA) is 32.5 Å². The molecule has 2 heterocycles. The highest BCUT2D eigenvalue weighted by molar-refractivity contribution is 7.80. The second-order valence-corrected chi connectivity index (χ2v) is 6.10. The quantitative estimate of drug-likeness (QED) is 0.866.